The summed E-state index contributed by atoms with van der Waals surface area (Å²) >= 11 is 0. The minimum Gasteiger partial charge on any atom is -0.472 e. The Hall–Kier alpha value is -1.55. The van der Waals surface area contributed by atoms with Gasteiger partial charge in [-0.3, -0.25) is 4.79 Å². The van der Waals surface area contributed by atoms with Gasteiger partial charge in [0.15, 0.2) is 0 Å². The number of rotatable bonds is 3. The number of likely N-dealkylation sites (tertiary alicyclic amines) is 1. The third kappa shape index (κ3) is 3.43. The van der Waals surface area contributed by atoms with Crippen molar-refractivity contribution in [1.29, 1.82) is 0 Å². The Morgan fingerprint density at radius 1 is 1.36 bits per heavy atom. The van der Waals surface area contributed by atoms with Crippen molar-refractivity contribution in [3.05, 3.63) is 30.2 Å². The lowest BCUT2D eigenvalue weighted by atomic mass is 9.73. The van der Waals surface area contributed by atoms with Crippen LogP contribution in [0.15, 0.2) is 29.1 Å². The van der Waals surface area contributed by atoms with Crippen molar-refractivity contribution >= 4 is 12.0 Å². The van der Waals surface area contributed by atoms with Crippen molar-refractivity contribution in [2.75, 3.05) is 27.2 Å². The van der Waals surface area contributed by atoms with Crippen LogP contribution in [0.5, 0.6) is 0 Å². The molecular weight excluding hydrogens is 276 g/mol. The van der Waals surface area contributed by atoms with Crippen LogP contribution < -0.4 is 0 Å². The van der Waals surface area contributed by atoms with Gasteiger partial charge < -0.3 is 14.2 Å². The molecule has 1 aromatic rings. The second-order valence-corrected chi connectivity index (χ2v) is 6.88. The smallest absolute Gasteiger partial charge is 0.246 e. The maximum absolute atomic E-state index is 12.3. The van der Waals surface area contributed by atoms with Crippen LogP contribution in [0, 0.1) is 11.8 Å². The van der Waals surface area contributed by atoms with E-state index < -0.39 is 0 Å². The van der Waals surface area contributed by atoms with Gasteiger partial charge in [0.1, 0.15) is 0 Å². The van der Waals surface area contributed by atoms with E-state index in [-0.39, 0.29) is 5.91 Å². The molecule has 1 amide bonds. The van der Waals surface area contributed by atoms with Crippen LogP contribution in [-0.2, 0) is 4.79 Å². The fraction of sp³-hybridized carbons (Fsp3) is 0.611. The number of fused-ring (bicyclic) bond motifs is 1. The van der Waals surface area contributed by atoms with Gasteiger partial charge in [0, 0.05) is 31.3 Å². The predicted molar refractivity (Wildman–Crippen MR) is 87.2 cm³/mol. The number of hydrogen-bond donors (Lipinski definition) is 0. The lowest BCUT2D eigenvalue weighted by Crippen LogP contribution is -2.47. The fourth-order valence-corrected chi connectivity index (χ4v) is 3.96. The highest BCUT2D eigenvalue weighted by molar-refractivity contribution is 5.91. The first-order valence-electron chi connectivity index (χ1n) is 8.29. The van der Waals surface area contributed by atoms with E-state index in [0.717, 1.165) is 23.8 Å². The van der Waals surface area contributed by atoms with Gasteiger partial charge in [-0.15, -0.1) is 0 Å². The first-order chi connectivity index (χ1) is 10.6. The molecule has 0 radical (unpaired) electrons. The molecule has 22 heavy (non-hydrogen) atoms. The SMILES string of the molecule is CN1CC[C@@H]2C[C@H](N(C)C(=O)/C=C/c3ccoc3)CC[C@H]2C1. The number of carbonyl (C=O) groups is 1. The van der Waals surface area contributed by atoms with Crippen LogP contribution in [0.1, 0.15) is 31.2 Å². The molecule has 2 aliphatic rings. The number of hydrogen-bond acceptors (Lipinski definition) is 3. The second kappa shape index (κ2) is 6.69. The minimum atomic E-state index is 0.0950. The van der Waals surface area contributed by atoms with E-state index >= 15 is 0 Å². The maximum Gasteiger partial charge on any atom is 0.246 e. The minimum absolute atomic E-state index is 0.0950. The predicted octanol–water partition coefficient (Wildman–Crippen LogP) is 2.87. The van der Waals surface area contributed by atoms with E-state index in [2.05, 4.69) is 11.9 Å². The number of likely N-dealkylation sites (N-methyl/N-ethyl adjacent to an activating group) is 1. The van der Waals surface area contributed by atoms with Crippen LogP contribution in [-0.4, -0.2) is 48.9 Å². The molecule has 4 heteroatoms. The zero-order valence-electron chi connectivity index (χ0n) is 13.6. The zero-order valence-corrected chi connectivity index (χ0v) is 13.6. The van der Waals surface area contributed by atoms with E-state index in [0.29, 0.717) is 6.04 Å². The lowest BCUT2D eigenvalue weighted by molar-refractivity contribution is -0.128. The van der Waals surface area contributed by atoms with Crippen molar-refractivity contribution in [2.24, 2.45) is 11.8 Å². The van der Waals surface area contributed by atoms with E-state index in [1.165, 1.54) is 32.4 Å². The summed E-state index contributed by atoms with van der Waals surface area (Å²) in [7, 11) is 4.17. The number of piperidine rings is 1. The highest BCUT2D eigenvalue weighted by atomic mass is 16.3. The number of amides is 1. The topological polar surface area (TPSA) is 36.7 Å². The highest BCUT2D eigenvalue weighted by Gasteiger charge is 2.35. The van der Waals surface area contributed by atoms with E-state index in [1.807, 2.05) is 24.1 Å². The normalized spacial score (nSPS) is 29.5. The van der Waals surface area contributed by atoms with Crippen molar-refractivity contribution in [3.63, 3.8) is 0 Å². The van der Waals surface area contributed by atoms with Crippen LogP contribution >= 0.6 is 0 Å². The van der Waals surface area contributed by atoms with Gasteiger partial charge in [0.05, 0.1) is 12.5 Å². The van der Waals surface area contributed by atoms with Crippen LogP contribution in [0.25, 0.3) is 6.08 Å². The average molecular weight is 302 g/mol. The standard InChI is InChI=1S/C18H26N2O2/c1-19-9-7-15-11-17(5-4-16(15)12-19)20(2)18(21)6-3-14-8-10-22-13-14/h3,6,8,10,13,15-17H,4-5,7,9,11-12H2,1-2H3/b6-3+/t15-,16+,17-/m1/s1. The van der Waals surface area contributed by atoms with Gasteiger partial charge in [-0.1, -0.05) is 0 Å². The zero-order chi connectivity index (χ0) is 15.5. The van der Waals surface area contributed by atoms with Gasteiger partial charge in [0.2, 0.25) is 5.91 Å². The largest absolute Gasteiger partial charge is 0.472 e. The van der Waals surface area contributed by atoms with Crippen molar-refractivity contribution in [3.8, 4) is 0 Å². The Balaban J connectivity index is 1.56. The molecule has 1 saturated carbocycles. The molecule has 2 heterocycles. The maximum atomic E-state index is 12.3. The molecular formula is C18H26N2O2. The Labute approximate surface area is 132 Å². The summed E-state index contributed by atoms with van der Waals surface area (Å²) in [6.45, 7) is 2.43. The van der Waals surface area contributed by atoms with E-state index in [9.17, 15) is 4.79 Å². The average Bonchev–Trinajstić information content (AvgIpc) is 3.04. The second-order valence-electron chi connectivity index (χ2n) is 6.88. The number of furan rings is 1. The summed E-state index contributed by atoms with van der Waals surface area (Å²) in [5.41, 5.74) is 0.931. The number of nitrogens with zero attached hydrogens (tertiary/aromatic N) is 2. The summed E-state index contributed by atoms with van der Waals surface area (Å²) in [4.78, 5) is 16.7. The molecule has 120 valence electrons. The van der Waals surface area contributed by atoms with Gasteiger partial charge in [-0.25, -0.2) is 0 Å². The molecule has 0 unspecified atom stereocenters. The Morgan fingerprint density at radius 2 is 2.23 bits per heavy atom. The summed E-state index contributed by atoms with van der Waals surface area (Å²) < 4.78 is 5.01. The summed E-state index contributed by atoms with van der Waals surface area (Å²) in [5.74, 6) is 1.72. The van der Waals surface area contributed by atoms with Gasteiger partial charge >= 0.3 is 0 Å². The third-order valence-corrected chi connectivity index (χ3v) is 5.40. The summed E-state index contributed by atoms with van der Waals surface area (Å²) in [5, 5.41) is 0. The summed E-state index contributed by atoms with van der Waals surface area (Å²) in [6.07, 6.45) is 11.6. The molecule has 1 aliphatic heterocycles. The third-order valence-electron chi connectivity index (χ3n) is 5.40. The van der Waals surface area contributed by atoms with Crippen LogP contribution in [0.4, 0.5) is 0 Å². The van der Waals surface area contributed by atoms with Gasteiger partial charge in [0.25, 0.3) is 0 Å². The molecule has 1 aliphatic carbocycles. The Kier molecular flexibility index (Phi) is 4.67. The quantitative estimate of drug-likeness (QED) is 0.806. The monoisotopic (exact) mass is 302 g/mol. The molecule has 4 nitrogen and oxygen atoms in total. The van der Waals surface area contributed by atoms with Gasteiger partial charge in [-0.2, -0.15) is 0 Å². The van der Waals surface area contributed by atoms with Crippen molar-refractivity contribution in [1.82, 2.24) is 9.80 Å². The van der Waals surface area contributed by atoms with Crippen LogP contribution in [0.2, 0.25) is 0 Å². The first kappa shape index (κ1) is 15.3. The number of carbonyl (C=O) groups excluding carboxylic acids is 1. The molecule has 0 N–H and O–H groups in total. The molecule has 0 spiro atoms. The molecule has 0 bridgehead atoms. The Morgan fingerprint density at radius 3 is 3.00 bits per heavy atom. The first-order valence-corrected chi connectivity index (χ1v) is 8.29. The molecule has 0 aromatic carbocycles. The van der Waals surface area contributed by atoms with E-state index in [4.69, 9.17) is 4.42 Å². The molecule has 1 saturated heterocycles. The fourth-order valence-electron chi connectivity index (χ4n) is 3.96. The van der Waals surface area contributed by atoms with Crippen LogP contribution in [0.3, 0.4) is 0 Å². The molecule has 1 aromatic heterocycles. The van der Waals surface area contributed by atoms with Gasteiger partial charge in [-0.05, 0) is 63.3 Å². The van der Waals surface area contributed by atoms with Crippen molar-refractivity contribution < 1.29 is 9.21 Å². The Bertz CT molecular complexity index is 523. The van der Waals surface area contributed by atoms with E-state index in [1.54, 1.807) is 18.6 Å². The highest BCUT2D eigenvalue weighted by Crippen LogP contribution is 2.37. The summed E-state index contributed by atoms with van der Waals surface area (Å²) in [6, 6.07) is 2.25. The lowest BCUT2D eigenvalue weighted by Gasteiger charge is -2.44. The molecule has 3 rings (SSSR count). The molecule has 2 fully saturated rings. The van der Waals surface area contributed by atoms with Crippen molar-refractivity contribution in [2.45, 2.75) is 31.7 Å². The molecule has 3 atom stereocenters.